The molecule has 0 saturated carbocycles. The summed E-state index contributed by atoms with van der Waals surface area (Å²) in [5.74, 6) is -0.460. The zero-order chi connectivity index (χ0) is 13.2. The first-order valence-electron chi connectivity index (χ1n) is 6.40. The van der Waals surface area contributed by atoms with Crippen LogP contribution in [-0.2, 0) is 0 Å². The molecule has 2 aromatic rings. The van der Waals surface area contributed by atoms with Crippen LogP contribution in [0.2, 0.25) is 0 Å². The number of anilines is 1. The van der Waals surface area contributed by atoms with Crippen LogP contribution in [0.5, 0.6) is 0 Å². The highest BCUT2D eigenvalue weighted by atomic mass is 16.4. The van der Waals surface area contributed by atoms with Gasteiger partial charge in [0.25, 0.3) is 6.01 Å². The first kappa shape index (κ1) is 12.0. The quantitative estimate of drug-likeness (QED) is 0.768. The van der Waals surface area contributed by atoms with E-state index < -0.39 is 5.91 Å². The molecule has 0 unspecified atom stereocenters. The lowest BCUT2D eigenvalue weighted by Crippen LogP contribution is -2.35. The van der Waals surface area contributed by atoms with Gasteiger partial charge in [-0.3, -0.25) is 4.79 Å². The molecule has 0 bridgehead atoms. The third-order valence-corrected chi connectivity index (χ3v) is 3.34. The van der Waals surface area contributed by atoms with Gasteiger partial charge in [0.1, 0.15) is 5.52 Å². The van der Waals surface area contributed by atoms with Crippen molar-refractivity contribution in [2.75, 3.05) is 18.4 Å². The van der Waals surface area contributed by atoms with Crippen LogP contribution < -0.4 is 16.4 Å². The van der Waals surface area contributed by atoms with Crippen LogP contribution in [0.25, 0.3) is 11.1 Å². The summed E-state index contributed by atoms with van der Waals surface area (Å²) in [6.07, 6.45) is 2.09. The summed E-state index contributed by atoms with van der Waals surface area (Å²) >= 11 is 0. The average Bonchev–Trinajstić information content (AvgIpc) is 2.80. The van der Waals surface area contributed by atoms with Crippen molar-refractivity contribution in [3.8, 4) is 0 Å². The number of benzene rings is 1. The van der Waals surface area contributed by atoms with E-state index >= 15 is 0 Å². The number of aromatic nitrogens is 1. The number of hydrogen-bond donors (Lipinski definition) is 3. The summed E-state index contributed by atoms with van der Waals surface area (Å²) in [7, 11) is 0. The van der Waals surface area contributed by atoms with Gasteiger partial charge in [-0.25, -0.2) is 0 Å². The largest absolute Gasteiger partial charge is 0.424 e. The lowest BCUT2D eigenvalue weighted by Gasteiger charge is -2.22. The zero-order valence-electron chi connectivity index (χ0n) is 10.5. The first-order chi connectivity index (χ1) is 9.22. The van der Waals surface area contributed by atoms with Crippen LogP contribution >= 0.6 is 0 Å². The second kappa shape index (κ2) is 4.89. The fourth-order valence-corrected chi connectivity index (χ4v) is 2.28. The molecule has 1 amide bonds. The third kappa shape index (κ3) is 2.53. The SMILES string of the molecule is NC(=O)c1ccc2oc(NC3CCNCC3)nc2c1. The normalized spacial score (nSPS) is 16.6. The molecule has 4 N–H and O–H groups in total. The summed E-state index contributed by atoms with van der Waals surface area (Å²) < 4.78 is 5.61. The predicted molar refractivity (Wildman–Crippen MR) is 72.0 cm³/mol. The molecule has 0 spiro atoms. The van der Waals surface area contributed by atoms with E-state index in [1.165, 1.54) is 0 Å². The molecule has 0 radical (unpaired) electrons. The average molecular weight is 260 g/mol. The van der Waals surface area contributed by atoms with Gasteiger partial charge in [0, 0.05) is 11.6 Å². The van der Waals surface area contributed by atoms with Crippen LogP contribution in [0.4, 0.5) is 6.01 Å². The maximum absolute atomic E-state index is 11.1. The van der Waals surface area contributed by atoms with Crippen LogP contribution in [0, 0.1) is 0 Å². The number of carbonyl (C=O) groups is 1. The minimum absolute atomic E-state index is 0.380. The Hall–Kier alpha value is -2.08. The van der Waals surface area contributed by atoms with Crippen molar-refractivity contribution < 1.29 is 9.21 Å². The van der Waals surface area contributed by atoms with E-state index in [1.54, 1.807) is 18.2 Å². The van der Waals surface area contributed by atoms with E-state index in [1.807, 2.05) is 0 Å². The molecule has 2 heterocycles. The molecule has 1 fully saturated rings. The molecule has 0 aliphatic carbocycles. The molecule has 100 valence electrons. The van der Waals surface area contributed by atoms with Crippen LogP contribution in [-0.4, -0.2) is 30.0 Å². The van der Waals surface area contributed by atoms with Gasteiger partial charge in [-0.1, -0.05) is 0 Å². The van der Waals surface area contributed by atoms with Gasteiger partial charge in [-0.05, 0) is 44.1 Å². The lowest BCUT2D eigenvalue weighted by molar-refractivity contribution is 0.100. The molecule has 1 aliphatic heterocycles. The molecule has 3 rings (SSSR count). The number of nitrogens with one attached hydrogen (secondary N) is 2. The van der Waals surface area contributed by atoms with E-state index in [-0.39, 0.29) is 0 Å². The number of piperidine rings is 1. The number of hydrogen-bond acceptors (Lipinski definition) is 5. The topological polar surface area (TPSA) is 93.2 Å². The van der Waals surface area contributed by atoms with Crippen LogP contribution in [0.15, 0.2) is 22.6 Å². The predicted octanol–water partition coefficient (Wildman–Crippen LogP) is 1.09. The maximum atomic E-state index is 11.1. The van der Waals surface area contributed by atoms with E-state index in [2.05, 4.69) is 15.6 Å². The smallest absolute Gasteiger partial charge is 0.295 e. The highest BCUT2D eigenvalue weighted by Crippen LogP contribution is 2.21. The Morgan fingerprint density at radius 3 is 2.95 bits per heavy atom. The molecular weight excluding hydrogens is 244 g/mol. The summed E-state index contributed by atoms with van der Waals surface area (Å²) in [4.78, 5) is 15.5. The number of fused-ring (bicyclic) bond motifs is 1. The standard InChI is InChI=1S/C13H16N4O2/c14-12(18)8-1-2-11-10(7-8)17-13(19-11)16-9-3-5-15-6-4-9/h1-2,7,9,15H,3-6H2,(H2,14,18)(H,16,17). The molecule has 0 atom stereocenters. The van der Waals surface area contributed by atoms with Gasteiger partial charge < -0.3 is 20.8 Å². The molecular formula is C13H16N4O2. The van der Waals surface area contributed by atoms with Crippen molar-refractivity contribution in [2.24, 2.45) is 5.73 Å². The molecule has 19 heavy (non-hydrogen) atoms. The Kier molecular flexibility index (Phi) is 3.08. The lowest BCUT2D eigenvalue weighted by atomic mass is 10.1. The molecule has 6 heteroatoms. The van der Waals surface area contributed by atoms with Gasteiger partial charge in [-0.15, -0.1) is 0 Å². The van der Waals surface area contributed by atoms with Crippen LogP contribution in [0.1, 0.15) is 23.2 Å². The third-order valence-electron chi connectivity index (χ3n) is 3.34. The second-order valence-electron chi connectivity index (χ2n) is 4.73. The first-order valence-corrected chi connectivity index (χ1v) is 6.40. The maximum Gasteiger partial charge on any atom is 0.295 e. The Bertz CT molecular complexity index is 602. The Morgan fingerprint density at radius 1 is 1.42 bits per heavy atom. The van der Waals surface area contributed by atoms with Gasteiger partial charge in [0.2, 0.25) is 5.91 Å². The van der Waals surface area contributed by atoms with Gasteiger partial charge in [0.05, 0.1) is 0 Å². The number of primary amides is 1. The number of carbonyl (C=O) groups excluding carboxylic acids is 1. The van der Waals surface area contributed by atoms with Crippen molar-refractivity contribution in [1.29, 1.82) is 0 Å². The van der Waals surface area contributed by atoms with E-state index in [0.29, 0.717) is 28.7 Å². The highest BCUT2D eigenvalue weighted by molar-refractivity contribution is 5.96. The van der Waals surface area contributed by atoms with Crippen LogP contribution in [0.3, 0.4) is 0 Å². The van der Waals surface area contributed by atoms with Crippen molar-refractivity contribution >= 4 is 23.0 Å². The summed E-state index contributed by atoms with van der Waals surface area (Å²) in [5.41, 5.74) is 6.98. The van der Waals surface area contributed by atoms with Gasteiger partial charge >= 0.3 is 0 Å². The number of oxazole rings is 1. The molecule has 1 aromatic heterocycles. The number of rotatable bonds is 3. The minimum atomic E-state index is -0.460. The second-order valence-corrected chi connectivity index (χ2v) is 4.73. The number of amides is 1. The van der Waals surface area contributed by atoms with Crippen molar-refractivity contribution in [1.82, 2.24) is 10.3 Å². The van der Waals surface area contributed by atoms with Crippen molar-refractivity contribution in [2.45, 2.75) is 18.9 Å². The highest BCUT2D eigenvalue weighted by Gasteiger charge is 2.15. The molecule has 1 saturated heterocycles. The van der Waals surface area contributed by atoms with Crippen molar-refractivity contribution in [3.63, 3.8) is 0 Å². The van der Waals surface area contributed by atoms with E-state index in [9.17, 15) is 4.79 Å². The van der Waals surface area contributed by atoms with E-state index in [4.69, 9.17) is 10.2 Å². The van der Waals surface area contributed by atoms with Gasteiger partial charge in [0.15, 0.2) is 5.58 Å². The number of nitrogens with zero attached hydrogens (tertiary/aromatic N) is 1. The van der Waals surface area contributed by atoms with Crippen molar-refractivity contribution in [3.05, 3.63) is 23.8 Å². The Labute approximate surface area is 110 Å². The fraction of sp³-hybridized carbons (Fsp3) is 0.385. The Balaban J connectivity index is 1.82. The summed E-state index contributed by atoms with van der Waals surface area (Å²) in [6, 6.07) is 5.89. The minimum Gasteiger partial charge on any atom is -0.424 e. The van der Waals surface area contributed by atoms with E-state index in [0.717, 1.165) is 25.9 Å². The summed E-state index contributed by atoms with van der Waals surface area (Å²) in [6.45, 7) is 2.01. The zero-order valence-corrected chi connectivity index (χ0v) is 10.5. The Morgan fingerprint density at radius 2 is 2.21 bits per heavy atom. The fourth-order valence-electron chi connectivity index (χ4n) is 2.28. The molecule has 1 aliphatic rings. The van der Waals surface area contributed by atoms with Gasteiger partial charge in [-0.2, -0.15) is 4.98 Å². The number of nitrogens with two attached hydrogens (primary N) is 1. The molecule has 1 aromatic carbocycles. The molecule has 6 nitrogen and oxygen atoms in total. The monoisotopic (exact) mass is 260 g/mol. The summed E-state index contributed by atoms with van der Waals surface area (Å²) in [5, 5.41) is 6.59.